The lowest BCUT2D eigenvalue weighted by Crippen LogP contribution is -2.50. The van der Waals surface area contributed by atoms with E-state index in [9.17, 15) is 18.0 Å². The summed E-state index contributed by atoms with van der Waals surface area (Å²) in [4.78, 5) is 27.6. The van der Waals surface area contributed by atoms with E-state index in [4.69, 9.17) is 11.6 Å². The number of carbonyl (C=O) groups excluding carboxylic acids is 2. The van der Waals surface area contributed by atoms with Crippen molar-refractivity contribution in [2.75, 3.05) is 17.9 Å². The van der Waals surface area contributed by atoms with Gasteiger partial charge in [0.05, 0.1) is 10.6 Å². The van der Waals surface area contributed by atoms with Crippen LogP contribution in [0.4, 0.5) is 5.69 Å². The van der Waals surface area contributed by atoms with Gasteiger partial charge in [0.15, 0.2) is 0 Å². The van der Waals surface area contributed by atoms with E-state index in [2.05, 4.69) is 5.32 Å². The lowest BCUT2D eigenvalue weighted by Gasteiger charge is -2.32. The highest BCUT2D eigenvalue weighted by Gasteiger charge is 2.32. The minimum atomic E-state index is -4.09. The Morgan fingerprint density at radius 3 is 2.22 bits per heavy atom. The molecule has 0 saturated carbocycles. The fourth-order valence-corrected chi connectivity index (χ4v) is 5.35. The lowest BCUT2D eigenvalue weighted by molar-refractivity contribution is -0.139. The van der Waals surface area contributed by atoms with E-state index < -0.39 is 28.5 Å². The van der Waals surface area contributed by atoms with Crippen LogP contribution < -0.4 is 9.62 Å². The maximum atomic E-state index is 13.7. The van der Waals surface area contributed by atoms with Crippen LogP contribution in [0.2, 0.25) is 5.02 Å². The largest absolute Gasteiger partial charge is 0.357 e. The molecule has 3 aromatic rings. The third-order valence-corrected chi connectivity index (χ3v) is 8.05. The van der Waals surface area contributed by atoms with Gasteiger partial charge in [0.25, 0.3) is 10.0 Å². The molecule has 3 rings (SSSR count). The first-order chi connectivity index (χ1) is 17.0. The molecule has 0 aliphatic heterocycles. The average Bonchev–Trinajstić information content (AvgIpc) is 2.85. The summed E-state index contributed by atoms with van der Waals surface area (Å²) in [6, 6.07) is 19.6. The maximum Gasteiger partial charge on any atom is 0.264 e. The number of rotatable bonds is 9. The van der Waals surface area contributed by atoms with Crippen molar-refractivity contribution in [2.45, 2.75) is 38.3 Å². The topological polar surface area (TPSA) is 86.8 Å². The fraction of sp³-hybridized carbons (Fsp3) is 0.259. The van der Waals surface area contributed by atoms with Crippen LogP contribution in [0.1, 0.15) is 23.6 Å². The summed E-state index contributed by atoms with van der Waals surface area (Å²) >= 11 is 6.33. The number of hydrogen-bond donors (Lipinski definition) is 1. The number of aryl methyl sites for hydroxylation is 2. The highest BCUT2D eigenvalue weighted by Crippen LogP contribution is 2.26. The zero-order valence-corrected chi connectivity index (χ0v) is 22.3. The van der Waals surface area contributed by atoms with Crippen LogP contribution in [0.15, 0.2) is 77.7 Å². The second-order valence-corrected chi connectivity index (χ2v) is 10.8. The molecular weight excluding hydrogens is 498 g/mol. The summed E-state index contributed by atoms with van der Waals surface area (Å²) in [7, 11) is -2.61. The highest BCUT2D eigenvalue weighted by atomic mass is 35.5. The number of hydrogen-bond acceptors (Lipinski definition) is 4. The molecule has 190 valence electrons. The van der Waals surface area contributed by atoms with Gasteiger partial charge < -0.3 is 10.2 Å². The Morgan fingerprint density at radius 1 is 0.944 bits per heavy atom. The van der Waals surface area contributed by atoms with Crippen molar-refractivity contribution < 1.29 is 18.0 Å². The number of sulfonamides is 1. The van der Waals surface area contributed by atoms with Gasteiger partial charge in [-0.25, -0.2) is 8.42 Å². The van der Waals surface area contributed by atoms with Crippen LogP contribution in [-0.2, 0) is 26.2 Å². The van der Waals surface area contributed by atoms with Crippen molar-refractivity contribution >= 4 is 39.1 Å². The number of nitrogens with zero attached hydrogens (tertiary/aromatic N) is 2. The Labute approximate surface area is 217 Å². The van der Waals surface area contributed by atoms with E-state index >= 15 is 0 Å². The summed E-state index contributed by atoms with van der Waals surface area (Å²) in [6.45, 7) is 4.86. The monoisotopic (exact) mass is 527 g/mol. The van der Waals surface area contributed by atoms with Crippen molar-refractivity contribution in [2.24, 2.45) is 0 Å². The first-order valence-electron chi connectivity index (χ1n) is 11.4. The van der Waals surface area contributed by atoms with Gasteiger partial charge in [-0.3, -0.25) is 13.9 Å². The summed E-state index contributed by atoms with van der Waals surface area (Å²) in [6.07, 6.45) is 0. The van der Waals surface area contributed by atoms with Crippen LogP contribution in [0.25, 0.3) is 0 Å². The second kappa shape index (κ2) is 11.6. The van der Waals surface area contributed by atoms with Gasteiger partial charge in [0.2, 0.25) is 11.8 Å². The second-order valence-electron chi connectivity index (χ2n) is 8.57. The smallest absolute Gasteiger partial charge is 0.264 e. The summed E-state index contributed by atoms with van der Waals surface area (Å²) in [5.74, 6) is -0.915. The highest BCUT2D eigenvalue weighted by molar-refractivity contribution is 7.92. The van der Waals surface area contributed by atoms with Gasteiger partial charge >= 0.3 is 0 Å². The number of carbonyl (C=O) groups is 2. The molecule has 0 bridgehead atoms. The number of halogens is 1. The number of amides is 2. The Hall–Kier alpha value is -3.36. The first-order valence-corrected chi connectivity index (χ1v) is 13.3. The molecule has 3 aromatic carbocycles. The molecule has 7 nitrogen and oxygen atoms in total. The lowest BCUT2D eigenvalue weighted by atomic mass is 10.1. The summed E-state index contributed by atoms with van der Waals surface area (Å²) in [5, 5.41) is 3.00. The molecule has 0 aliphatic rings. The van der Waals surface area contributed by atoms with Crippen LogP contribution in [-0.4, -0.2) is 44.8 Å². The molecule has 0 fully saturated rings. The molecule has 2 amide bonds. The molecule has 0 spiro atoms. The van der Waals surface area contributed by atoms with Crippen molar-refractivity contribution in [1.82, 2.24) is 10.2 Å². The van der Waals surface area contributed by atoms with E-state index in [1.807, 2.05) is 19.9 Å². The zero-order valence-electron chi connectivity index (χ0n) is 20.7. The van der Waals surface area contributed by atoms with Gasteiger partial charge in [-0.05, 0) is 62.2 Å². The quantitative estimate of drug-likeness (QED) is 0.449. The molecule has 0 heterocycles. The maximum absolute atomic E-state index is 13.7. The normalized spacial score (nSPS) is 12.0. The van der Waals surface area contributed by atoms with Gasteiger partial charge in [-0.2, -0.15) is 0 Å². The standard InChI is InChI=1S/C27H30ClN3O4S/c1-19-12-14-24(15-13-19)36(34,35)31(23-10-7-8-20(2)16-23)18-26(32)30(21(3)27(33)29-4)17-22-9-5-6-11-25(22)28/h5-16,21H,17-18H2,1-4H3,(H,29,33)/t21-/m1/s1. The van der Waals surface area contributed by atoms with E-state index in [0.29, 0.717) is 16.3 Å². The molecule has 0 unspecified atom stereocenters. The fourth-order valence-electron chi connectivity index (χ4n) is 3.75. The Morgan fingerprint density at radius 2 is 1.61 bits per heavy atom. The molecule has 1 atom stereocenters. The van der Waals surface area contributed by atoms with Crippen LogP contribution in [0.3, 0.4) is 0 Å². The number of likely N-dealkylation sites (N-methyl/N-ethyl adjacent to an activating group) is 1. The van der Waals surface area contributed by atoms with Crippen LogP contribution in [0, 0.1) is 13.8 Å². The minimum absolute atomic E-state index is 0.0410. The average molecular weight is 528 g/mol. The summed E-state index contributed by atoms with van der Waals surface area (Å²) in [5.41, 5.74) is 2.76. The number of anilines is 1. The van der Waals surface area contributed by atoms with Crippen LogP contribution >= 0.6 is 11.6 Å². The molecular formula is C27H30ClN3O4S. The van der Waals surface area contributed by atoms with E-state index in [1.54, 1.807) is 61.5 Å². The van der Waals surface area contributed by atoms with Crippen molar-refractivity contribution in [3.63, 3.8) is 0 Å². The van der Waals surface area contributed by atoms with Crippen molar-refractivity contribution in [3.8, 4) is 0 Å². The summed E-state index contributed by atoms with van der Waals surface area (Å²) < 4.78 is 28.6. The first kappa shape index (κ1) is 27.2. The molecule has 0 saturated heterocycles. The zero-order chi connectivity index (χ0) is 26.5. The number of benzene rings is 3. The predicted molar refractivity (Wildman–Crippen MR) is 142 cm³/mol. The van der Waals surface area contributed by atoms with Gasteiger partial charge in [-0.1, -0.05) is 59.6 Å². The third kappa shape index (κ3) is 6.25. The van der Waals surface area contributed by atoms with Crippen molar-refractivity contribution in [3.05, 3.63) is 94.5 Å². The Balaban J connectivity index is 2.05. The van der Waals surface area contributed by atoms with E-state index in [-0.39, 0.29) is 17.3 Å². The van der Waals surface area contributed by atoms with Gasteiger partial charge in [0, 0.05) is 18.6 Å². The van der Waals surface area contributed by atoms with E-state index in [1.165, 1.54) is 24.1 Å². The molecule has 0 aromatic heterocycles. The molecule has 0 aliphatic carbocycles. The van der Waals surface area contributed by atoms with Crippen LogP contribution in [0.5, 0.6) is 0 Å². The minimum Gasteiger partial charge on any atom is -0.357 e. The Kier molecular flexibility index (Phi) is 8.76. The van der Waals surface area contributed by atoms with E-state index in [0.717, 1.165) is 15.4 Å². The van der Waals surface area contributed by atoms with Gasteiger partial charge in [0.1, 0.15) is 12.6 Å². The molecule has 1 N–H and O–H groups in total. The third-order valence-electron chi connectivity index (χ3n) is 5.89. The SMILES string of the molecule is CNC(=O)[C@@H](C)N(Cc1ccccc1Cl)C(=O)CN(c1cccc(C)c1)S(=O)(=O)c1ccc(C)cc1. The molecule has 9 heteroatoms. The molecule has 0 radical (unpaired) electrons. The van der Waals surface area contributed by atoms with Gasteiger partial charge in [-0.15, -0.1) is 0 Å². The van der Waals surface area contributed by atoms with Crippen molar-refractivity contribution in [1.29, 1.82) is 0 Å². The Bertz CT molecular complexity index is 1340. The number of nitrogens with one attached hydrogen (secondary N) is 1. The predicted octanol–water partition coefficient (Wildman–Crippen LogP) is 4.32. The molecule has 36 heavy (non-hydrogen) atoms.